The van der Waals surface area contributed by atoms with Crippen molar-refractivity contribution in [1.82, 2.24) is 33.7 Å². The molecule has 0 N–H and O–H groups in total. The predicted octanol–water partition coefficient (Wildman–Crippen LogP) is 2.60. The highest BCUT2D eigenvalue weighted by Crippen LogP contribution is 2.30. The Morgan fingerprint density at radius 3 is 2.73 bits per heavy atom. The summed E-state index contributed by atoms with van der Waals surface area (Å²) in [7, 11) is -3.41. The first-order valence-corrected chi connectivity index (χ1v) is 11.3. The van der Waals surface area contributed by atoms with Gasteiger partial charge in [0, 0.05) is 24.4 Å². The molecule has 4 heterocycles. The zero-order valence-electron chi connectivity index (χ0n) is 16.7. The maximum atomic E-state index is 12.4. The minimum absolute atomic E-state index is 0.305. The average molecular weight is 424 g/mol. The first kappa shape index (κ1) is 18.9. The number of pyridine rings is 1. The summed E-state index contributed by atoms with van der Waals surface area (Å²) < 4.78 is 27.9. The minimum Gasteiger partial charge on any atom is -0.328 e. The van der Waals surface area contributed by atoms with E-state index in [-0.39, 0.29) is 5.25 Å². The highest BCUT2D eigenvalue weighted by Gasteiger charge is 2.37. The van der Waals surface area contributed by atoms with Gasteiger partial charge in [0.05, 0.1) is 46.9 Å². The minimum atomic E-state index is -3.41. The second kappa shape index (κ2) is 6.98. The first-order chi connectivity index (χ1) is 14.4. The SMILES string of the molecule is CC(C)n1cnc2cnc(Cc3ccnc(-c4cnn(S(=O)(=O)C5CC5)c4)n3)cc21. The Hall–Kier alpha value is -3.14. The monoisotopic (exact) mass is 423 g/mol. The number of fused-ring (bicyclic) bond motifs is 1. The molecular formula is C20H21N7O2S. The summed E-state index contributed by atoms with van der Waals surface area (Å²) in [5.41, 5.74) is 4.14. The molecule has 0 unspecified atom stereocenters. The lowest BCUT2D eigenvalue weighted by Crippen LogP contribution is -2.17. The Morgan fingerprint density at radius 1 is 1.13 bits per heavy atom. The largest absolute Gasteiger partial charge is 0.328 e. The Labute approximate surface area is 173 Å². The molecule has 1 saturated carbocycles. The van der Waals surface area contributed by atoms with Crippen LogP contribution in [-0.2, 0) is 16.4 Å². The van der Waals surface area contributed by atoms with Gasteiger partial charge in [0.1, 0.15) is 5.52 Å². The fraction of sp³-hybridized carbons (Fsp3) is 0.350. The standard InChI is InChI=1S/C20H21N7O2S/c1-13(2)26-12-23-18-10-22-16(8-19(18)26)7-15-5-6-21-20(25-15)14-9-24-27(11-14)30(28,29)17-3-4-17/h5-6,8-13,17H,3-4,7H2,1-2H3. The van der Waals surface area contributed by atoms with Crippen LogP contribution < -0.4 is 0 Å². The van der Waals surface area contributed by atoms with Crippen molar-refractivity contribution in [2.45, 2.75) is 44.4 Å². The van der Waals surface area contributed by atoms with Crippen LogP contribution in [0.4, 0.5) is 0 Å². The summed E-state index contributed by atoms with van der Waals surface area (Å²) in [6.45, 7) is 4.23. The maximum absolute atomic E-state index is 12.4. The summed E-state index contributed by atoms with van der Waals surface area (Å²) in [6, 6.07) is 4.17. The van der Waals surface area contributed by atoms with Gasteiger partial charge in [0.2, 0.25) is 0 Å². The van der Waals surface area contributed by atoms with Gasteiger partial charge in [-0.15, -0.1) is 0 Å². The number of imidazole rings is 1. The highest BCUT2D eigenvalue weighted by molar-refractivity contribution is 7.90. The van der Waals surface area contributed by atoms with E-state index in [1.807, 2.05) is 18.5 Å². The van der Waals surface area contributed by atoms with Crippen molar-refractivity contribution in [1.29, 1.82) is 0 Å². The molecule has 1 aliphatic rings. The van der Waals surface area contributed by atoms with E-state index in [1.54, 1.807) is 12.4 Å². The van der Waals surface area contributed by atoms with Gasteiger partial charge < -0.3 is 4.57 Å². The van der Waals surface area contributed by atoms with Gasteiger partial charge >= 0.3 is 0 Å². The third-order valence-electron chi connectivity index (χ3n) is 5.17. The van der Waals surface area contributed by atoms with Gasteiger partial charge in [0.25, 0.3) is 10.0 Å². The number of hydrogen-bond acceptors (Lipinski definition) is 7. The highest BCUT2D eigenvalue weighted by atomic mass is 32.2. The molecule has 4 aromatic rings. The van der Waals surface area contributed by atoms with Gasteiger partial charge in [-0.25, -0.2) is 23.4 Å². The number of aromatic nitrogens is 7. The van der Waals surface area contributed by atoms with Crippen LogP contribution in [0.5, 0.6) is 0 Å². The Bertz CT molecular complexity index is 1340. The van der Waals surface area contributed by atoms with E-state index in [0.717, 1.165) is 26.5 Å². The third kappa shape index (κ3) is 3.36. The molecule has 4 aromatic heterocycles. The molecule has 30 heavy (non-hydrogen) atoms. The van der Waals surface area contributed by atoms with Crippen molar-refractivity contribution in [3.63, 3.8) is 0 Å². The molecular weight excluding hydrogens is 402 g/mol. The molecule has 1 aliphatic carbocycles. The van der Waals surface area contributed by atoms with Crippen molar-refractivity contribution < 1.29 is 8.42 Å². The molecule has 0 aromatic carbocycles. The fourth-order valence-corrected chi connectivity index (χ4v) is 4.85. The molecule has 0 radical (unpaired) electrons. The van der Waals surface area contributed by atoms with Gasteiger partial charge in [0.15, 0.2) is 5.82 Å². The van der Waals surface area contributed by atoms with E-state index in [0.29, 0.717) is 36.7 Å². The Balaban J connectivity index is 1.42. The lowest BCUT2D eigenvalue weighted by atomic mass is 10.2. The van der Waals surface area contributed by atoms with Crippen LogP contribution in [0, 0.1) is 0 Å². The van der Waals surface area contributed by atoms with E-state index in [4.69, 9.17) is 0 Å². The molecule has 1 fully saturated rings. The van der Waals surface area contributed by atoms with E-state index < -0.39 is 10.0 Å². The lowest BCUT2D eigenvalue weighted by molar-refractivity contribution is 0.578. The molecule has 9 nitrogen and oxygen atoms in total. The van der Waals surface area contributed by atoms with Crippen LogP contribution in [0.25, 0.3) is 22.4 Å². The van der Waals surface area contributed by atoms with Crippen LogP contribution in [0.3, 0.4) is 0 Å². The molecule has 0 spiro atoms. The zero-order valence-corrected chi connectivity index (χ0v) is 17.5. The summed E-state index contributed by atoms with van der Waals surface area (Å²) in [5, 5.41) is 3.70. The van der Waals surface area contributed by atoms with Crippen LogP contribution in [0.2, 0.25) is 0 Å². The first-order valence-electron chi connectivity index (χ1n) is 9.84. The maximum Gasteiger partial charge on any atom is 0.256 e. The number of hydrogen-bond donors (Lipinski definition) is 0. The van der Waals surface area contributed by atoms with E-state index in [1.165, 1.54) is 12.4 Å². The lowest BCUT2D eigenvalue weighted by Gasteiger charge is -2.08. The molecule has 0 bridgehead atoms. The molecule has 154 valence electrons. The average Bonchev–Trinajstić information content (AvgIpc) is 3.32. The Morgan fingerprint density at radius 2 is 1.97 bits per heavy atom. The number of rotatable bonds is 6. The van der Waals surface area contributed by atoms with Crippen molar-refractivity contribution in [3.8, 4) is 11.4 Å². The molecule has 10 heteroatoms. The Kier molecular flexibility index (Phi) is 4.39. The van der Waals surface area contributed by atoms with E-state index >= 15 is 0 Å². The summed E-state index contributed by atoms with van der Waals surface area (Å²) >= 11 is 0. The quantitative estimate of drug-likeness (QED) is 0.469. The van der Waals surface area contributed by atoms with Crippen LogP contribution in [0.15, 0.2) is 43.2 Å². The van der Waals surface area contributed by atoms with E-state index in [9.17, 15) is 8.42 Å². The third-order valence-corrected chi connectivity index (χ3v) is 7.21. The fourth-order valence-electron chi connectivity index (χ4n) is 3.38. The van der Waals surface area contributed by atoms with Crippen LogP contribution >= 0.6 is 0 Å². The van der Waals surface area contributed by atoms with E-state index in [2.05, 4.69) is 43.4 Å². The van der Waals surface area contributed by atoms with Crippen molar-refractivity contribution >= 4 is 21.1 Å². The van der Waals surface area contributed by atoms with Crippen molar-refractivity contribution in [3.05, 3.63) is 54.6 Å². The molecule has 0 saturated heterocycles. The normalized spacial score (nSPS) is 14.6. The molecule has 0 atom stereocenters. The smallest absolute Gasteiger partial charge is 0.256 e. The second-order valence-electron chi connectivity index (χ2n) is 7.80. The molecule has 0 aliphatic heterocycles. The summed E-state index contributed by atoms with van der Waals surface area (Å²) in [4.78, 5) is 17.8. The van der Waals surface area contributed by atoms with Gasteiger partial charge in [-0.05, 0) is 38.8 Å². The van der Waals surface area contributed by atoms with Crippen molar-refractivity contribution in [2.24, 2.45) is 0 Å². The second-order valence-corrected chi connectivity index (χ2v) is 9.87. The topological polar surface area (TPSA) is 108 Å². The predicted molar refractivity (Wildman–Crippen MR) is 111 cm³/mol. The molecule has 5 rings (SSSR count). The van der Waals surface area contributed by atoms with Crippen molar-refractivity contribution in [2.75, 3.05) is 0 Å². The summed E-state index contributed by atoms with van der Waals surface area (Å²) in [6.07, 6.45) is 10.2. The number of nitrogens with zero attached hydrogens (tertiary/aromatic N) is 7. The zero-order chi connectivity index (χ0) is 20.9. The van der Waals surface area contributed by atoms with Gasteiger partial charge in [-0.1, -0.05) is 0 Å². The van der Waals surface area contributed by atoms with Crippen LogP contribution in [0.1, 0.15) is 44.1 Å². The van der Waals surface area contributed by atoms with Gasteiger partial charge in [-0.3, -0.25) is 4.98 Å². The molecule has 0 amide bonds. The van der Waals surface area contributed by atoms with Crippen LogP contribution in [-0.4, -0.2) is 47.4 Å². The summed E-state index contributed by atoms with van der Waals surface area (Å²) in [5.74, 6) is 0.443. The van der Waals surface area contributed by atoms with Gasteiger partial charge in [-0.2, -0.15) is 9.19 Å².